The summed E-state index contributed by atoms with van der Waals surface area (Å²) in [6.07, 6.45) is 1.80. The lowest BCUT2D eigenvalue weighted by molar-refractivity contribution is 0.0949. The van der Waals surface area contributed by atoms with Crippen molar-refractivity contribution in [2.45, 2.75) is 31.6 Å². The average Bonchev–Trinajstić information content (AvgIpc) is 2.38. The zero-order valence-corrected chi connectivity index (χ0v) is 13.1. The lowest BCUT2D eigenvalue weighted by Gasteiger charge is -2.11. The Bertz CT molecular complexity index is 572. The smallest absolute Gasteiger partial charge is 0.261 e. The Hall–Kier alpha value is -1.27. The van der Waals surface area contributed by atoms with Gasteiger partial charge in [-0.3, -0.25) is 4.79 Å². The summed E-state index contributed by atoms with van der Waals surface area (Å²) < 4.78 is 28.0. The molecular weight excluding hydrogens is 302 g/mol. The molecule has 0 aliphatic heterocycles. The van der Waals surface area contributed by atoms with E-state index < -0.39 is 9.05 Å². The van der Waals surface area contributed by atoms with Crippen molar-refractivity contribution < 1.29 is 17.9 Å². The van der Waals surface area contributed by atoms with Crippen molar-refractivity contribution in [1.29, 1.82) is 0 Å². The molecule has 1 aromatic rings. The summed E-state index contributed by atoms with van der Waals surface area (Å²) in [4.78, 5) is 11.9. The second-order valence-corrected chi connectivity index (χ2v) is 6.70. The molecule has 0 spiro atoms. The zero-order chi connectivity index (χ0) is 15.2. The van der Waals surface area contributed by atoms with Gasteiger partial charge in [-0.25, -0.2) is 8.42 Å². The van der Waals surface area contributed by atoms with E-state index in [1.807, 2.05) is 6.92 Å². The summed E-state index contributed by atoms with van der Waals surface area (Å²) in [5, 5.41) is 2.72. The van der Waals surface area contributed by atoms with Gasteiger partial charge in [-0.2, -0.15) is 0 Å². The Kier molecular flexibility index (Phi) is 6.29. The molecule has 1 amide bonds. The van der Waals surface area contributed by atoms with Crippen LogP contribution >= 0.6 is 10.7 Å². The predicted octanol–water partition coefficient (Wildman–Crippen LogP) is 2.54. The maximum Gasteiger partial charge on any atom is 0.261 e. The SMILES string of the molecule is CCCCNC(=O)c1cc(S(=O)(=O)Cl)ccc1OCC. The number of benzene rings is 1. The fraction of sp³-hybridized carbons (Fsp3) is 0.462. The number of hydrogen-bond acceptors (Lipinski definition) is 4. The highest BCUT2D eigenvalue weighted by Crippen LogP contribution is 2.24. The van der Waals surface area contributed by atoms with Gasteiger partial charge in [0, 0.05) is 17.2 Å². The molecule has 0 radical (unpaired) electrons. The second kappa shape index (κ2) is 7.50. The molecule has 0 heterocycles. The number of ether oxygens (including phenoxy) is 1. The maximum absolute atomic E-state index is 12.1. The monoisotopic (exact) mass is 319 g/mol. The third kappa shape index (κ3) is 4.68. The zero-order valence-electron chi connectivity index (χ0n) is 11.5. The molecule has 5 nitrogen and oxygen atoms in total. The van der Waals surface area contributed by atoms with Crippen LogP contribution in [0.1, 0.15) is 37.0 Å². The van der Waals surface area contributed by atoms with Gasteiger partial charge >= 0.3 is 0 Å². The van der Waals surface area contributed by atoms with Crippen molar-refractivity contribution >= 4 is 25.6 Å². The number of nitrogens with one attached hydrogen (secondary N) is 1. The topological polar surface area (TPSA) is 72.5 Å². The first-order valence-corrected chi connectivity index (χ1v) is 8.70. The molecule has 1 rings (SSSR count). The van der Waals surface area contributed by atoms with Crippen molar-refractivity contribution in [1.82, 2.24) is 5.32 Å². The van der Waals surface area contributed by atoms with Crippen molar-refractivity contribution in [3.63, 3.8) is 0 Å². The minimum absolute atomic E-state index is 0.122. The van der Waals surface area contributed by atoms with E-state index >= 15 is 0 Å². The summed E-state index contributed by atoms with van der Waals surface area (Å²) >= 11 is 0. The molecule has 112 valence electrons. The summed E-state index contributed by atoms with van der Waals surface area (Å²) in [5.74, 6) is -0.0327. The molecule has 0 aliphatic carbocycles. The molecule has 0 atom stereocenters. The van der Waals surface area contributed by atoms with E-state index in [2.05, 4.69) is 5.32 Å². The van der Waals surface area contributed by atoms with E-state index in [9.17, 15) is 13.2 Å². The molecule has 1 aromatic carbocycles. The molecule has 7 heteroatoms. The molecule has 0 saturated heterocycles. The maximum atomic E-state index is 12.1. The van der Waals surface area contributed by atoms with Gasteiger partial charge < -0.3 is 10.1 Å². The largest absolute Gasteiger partial charge is 0.493 e. The normalized spacial score (nSPS) is 11.2. The lowest BCUT2D eigenvalue weighted by atomic mass is 10.2. The van der Waals surface area contributed by atoms with Gasteiger partial charge in [0.15, 0.2) is 0 Å². The fourth-order valence-electron chi connectivity index (χ4n) is 1.59. The van der Waals surface area contributed by atoms with Gasteiger partial charge in [0.1, 0.15) is 5.75 Å². The quantitative estimate of drug-likeness (QED) is 0.619. The molecule has 0 unspecified atom stereocenters. The van der Waals surface area contributed by atoms with E-state index in [0.717, 1.165) is 12.8 Å². The first-order valence-electron chi connectivity index (χ1n) is 6.39. The van der Waals surface area contributed by atoms with Gasteiger partial charge in [0.2, 0.25) is 0 Å². The van der Waals surface area contributed by atoms with Crippen molar-refractivity contribution in [3.05, 3.63) is 23.8 Å². The van der Waals surface area contributed by atoms with Gasteiger partial charge in [-0.05, 0) is 31.5 Å². The van der Waals surface area contributed by atoms with Crippen LogP contribution in [0.2, 0.25) is 0 Å². The molecule has 0 aromatic heterocycles. The van der Waals surface area contributed by atoms with Crippen LogP contribution < -0.4 is 10.1 Å². The Morgan fingerprint density at radius 3 is 2.60 bits per heavy atom. The van der Waals surface area contributed by atoms with E-state index in [1.54, 1.807) is 6.92 Å². The van der Waals surface area contributed by atoms with Crippen LogP contribution in [0.5, 0.6) is 5.75 Å². The third-order valence-corrected chi connectivity index (χ3v) is 3.94. The molecule has 0 fully saturated rings. The van der Waals surface area contributed by atoms with Gasteiger partial charge in [-0.15, -0.1) is 0 Å². The van der Waals surface area contributed by atoms with Crippen LogP contribution in [0.25, 0.3) is 0 Å². The number of rotatable bonds is 7. The van der Waals surface area contributed by atoms with Crippen LogP contribution in [0, 0.1) is 0 Å². The molecule has 0 saturated carbocycles. The van der Waals surface area contributed by atoms with Crippen LogP contribution in [0.15, 0.2) is 23.1 Å². The summed E-state index contributed by atoms with van der Waals surface area (Å²) in [7, 11) is 1.41. The first kappa shape index (κ1) is 16.8. The summed E-state index contributed by atoms with van der Waals surface area (Å²) in [6, 6.07) is 3.98. The van der Waals surface area contributed by atoms with E-state index in [1.165, 1.54) is 18.2 Å². The summed E-state index contributed by atoms with van der Waals surface area (Å²) in [6.45, 7) is 4.70. The van der Waals surface area contributed by atoms with Crippen molar-refractivity contribution in [3.8, 4) is 5.75 Å². The Labute approximate surface area is 123 Å². The highest BCUT2D eigenvalue weighted by atomic mass is 35.7. The number of unbranched alkanes of at least 4 members (excludes halogenated alkanes) is 1. The molecule has 1 N–H and O–H groups in total. The van der Waals surface area contributed by atoms with Crippen molar-refractivity contribution in [2.24, 2.45) is 0 Å². The standard InChI is InChI=1S/C13H18ClNO4S/c1-3-5-8-15-13(16)11-9-10(20(14,17)18)6-7-12(11)19-4-2/h6-7,9H,3-5,8H2,1-2H3,(H,15,16). The highest BCUT2D eigenvalue weighted by Gasteiger charge is 2.18. The van der Waals surface area contributed by atoms with Gasteiger partial charge in [-0.1, -0.05) is 13.3 Å². The van der Waals surface area contributed by atoms with Crippen LogP contribution in [0.3, 0.4) is 0 Å². The minimum Gasteiger partial charge on any atom is -0.493 e. The van der Waals surface area contributed by atoms with E-state index in [-0.39, 0.29) is 16.4 Å². The molecular formula is C13H18ClNO4S. The lowest BCUT2D eigenvalue weighted by Crippen LogP contribution is -2.25. The van der Waals surface area contributed by atoms with E-state index in [0.29, 0.717) is 18.9 Å². The van der Waals surface area contributed by atoms with Crippen LogP contribution in [-0.2, 0) is 9.05 Å². The molecule has 0 bridgehead atoms. The number of hydrogen-bond donors (Lipinski definition) is 1. The first-order chi connectivity index (χ1) is 9.40. The Morgan fingerprint density at radius 2 is 2.05 bits per heavy atom. The average molecular weight is 320 g/mol. The second-order valence-electron chi connectivity index (χ2n) is 4.14. The highest BCUT2D eigenvalue weighted by molar-refractivity contribution is 8.13. The van der Waals surface area contributed by atoms with Crippen LogP contribution in [0.4, 0.5) is 0 Å². The number of amides is 1. The van der Waals surface area contributed by atoms with Crippen molar-refractivity contribution in [2.75, 3.05) is 13.2 Å². The minimum atomic E-state index is -3.88. The number of halogens is 1. The molecule has 0 aliphatic rings. The fourth-order valence-corrected chi connectivity index (χ4v) is 2.37. The van der Waals surface area contributed by atoms with Crippen LogP contribution in [-0.4, -0.2) is 27.5 Å². The Balaban J connectivity index is 3.08. The number of carbonyl (C=O) groups excluding carboxylic acids is 1. The Morgan fingerprint density at radius 1 is 1.35 bits per heavy atom. The third-order valence-electron chi connectivity index (χ3n) is 2.59. The van der Waals surface area contributed by atoms with E-state index in [4.69, 9.17) is 15.4 Å². The molecule has 20 heavy (non-hydrogen) atoms. The summed E-state index contributed by atoms with van der Waals surface area (Å²) in [5.41, 5.74) is 0.171. The van der Waals surface area contributed by atoms with Gasteiger partial charge in [0.05, 0.1) is 17.1 Å². The van der Waals surface area contributed by atoms with Gasteiger partial charge in [0.25, 0.3) is 15.0 Å². The predicted molar refractivity (Wildman–Crippen MR) is 77.9 cm³/mol. The number of carbonyl (C=O) groups is 1.